The van der Waals surface area contributed by atoms with Crippen molar-refractivity contribution in [1.29, 1.82) is 5.26 Å². The van der Waals surface area contributed by atoms with Crippen molar-refractivity contribution < 1.29 is 14.0 Å². The molecule has 0 radical (unpaired) electrons. The Balaban J connectivity index is 2.67. The van der Waals surface area contributed by atoms with Crippen molar-refractivity contribution in [2.24, 2.45) is 5.73 Å². The van der Waals surface area contributed by atoms with E-state index < -0.39 is 26.2 Å². The van der Waals surface area contributed by atoms with Crippen LogP contribution in [0, 0.1) is 11.3 Å². The summed E-state index contributed by atoms with van der Waals surface area (Å²) in [6, 6.07) is 7.37. The van der Waals surface area contributed by atoms with Crippen LogP contribution in [0.25, 0.3) is 0 Å². The Morgan fingerprint density at radius 3 is 2.28 bits per heavy atom. The molecule has 6 nitrogen and oxygen atoms in total. The molecule has 1 aromatic rings. The normalized spacial score (nSPS) is 13.0. The molecule has 0 saturated carbocycles. The summed E-state index contributed by atoms with van der Waals surface area (Å²) in [5.74, 6) is -0.999. The lowest BCUT2D eigenvalue weighted by molar-refractivity contribution is -0.120. The first-order valence-corrected chi connectivity index (χ1v) is 11.1. The lowest BCUT2D eigenvalue weighted by Crippen LogP contribution is -2.47. The number of carbonyl (C=O) groups is 2. The number of nitrogens with two attached hydrogens (primary N) is 1. The zero-order valence-corrected chi connectivity index (χ0v) is 16.6. The SMILES string of the molecule is CC(C)(C)[Si](C)(C)OCC[C@H](NC(=O)c1ccc(C#N)cc1)C(N)=O. The second kappa shape index (κ2) is 8.27. The number of rotatable bonds is 7. The van der Waals surface area contributed by atoms with Crippen molar-refractivity contribution in [3.63, 3.8) is 0 Å². The molecular formula is C18H27N3O3Si. The van der Waals surface area contributed by atoms with Crippen molar-refractivity contribution in [3.05, 3.63) is 35.4 Å². The summed E-state index contributed by atoms with van der Waals surface area (Å²) in [6.07, 6.45) is 0.323. The number of hydrogen-bond acceptors (Lipinski definition) is 4. The number of nitriles is 1. The Hall–Kier alpha value is -2.17. The van der Waals surface area contributed by atoms with E-state index in [0.29, 0.717) is 24.2 Å². The van der Waals surface area contributed by atoms with Gasteiger partial charge in [0, 0.05) is 12.2 Å². The summed E-state index contributed by atoms with van der Waals surface area (Å²) in [6.45, 7) is 11.0. The smallest absolute Gasteiger partial charge is 0.251 e. The Kier molecular flexibility index (Phi) is 6.91. The third-order valence-electron chi connectivity index (χ3n) is 4.60. The molecule has 0 bridgehead atoms. The molecule has 0 aliphatic heterocycles. The fourth-order valence-corrected chi connectivity index (χ4v) is 2.93. The second-order valence-corrected chi connectivity index (χ2v) is 12.3. The number of benzene rings is 1. The number of nitrogens with zero attached hydrogens (tertiary/aromatic N) is 1. The summed E-state index contributed by atoms with van der Waals surface area (Å²) >= 11 is 0. The zero-order valence-electron chi connectivity index (χ0n) is 15.6. The quantitative estimate of drug-likeness (QED) is 0.728. The summed E-state index contributed by atoms with van der Waals surface area (Å²) in [5, 5.41) is 11.5. The fraction of sp³-hybridized carbons (Fsp3) is 0.500. The predicted octanol–water partition coefficient (Wildman–Crippen LogP) is 2.55. The molecule has 0 aromatic heterocycles. The lowest BCUT2D eigenvalue weighted by Gasteiger charge is -2.36. The highest BCUT2D eigenvalue weighted by atomic mass is 28.4. The topological polar surface area (TPSA) is 105 Å². The summed E-state index contributed by atoms with van der Waals surface area (Å²) < 4.78 is 6.04. The Labute approximate surface area is 150 Å². The van der Waals surface area contributed by atoms with Gasteiger partial charge < -0.3 is 15.5 Å². The largest absolute Gasteiger partial charge is 0.417 e. The van der Waals surface area contributed by atoms with Crippen molar-refractivity contribution in [2.75, 3.05) is 6.61 Å². The van der Waals surface area contributed by atoms with E-state index in [4.69, 9.17) is 15.4 Å². The molecule has 7 heteroatoms. The van der Waals surface area contributed by atoms with Crippen LogP contribution in [0.15, 0.2) is 24.3 Å². The number of amides is 2. The monoisotopic (exact) mass is 361 g/mol. The Morgan fingerprint density at radius 2 is 1.84 bits per heavy atom. The van der Waals surface area contributed by atoms with Crippen LogP contribution in [-0.4, -0.2) is 32.8 Å². The number of nitrogens with one attached hydrogen (secondary N) is 1. The molecule has 25 heavy (non-hydrogen) atoms. The van der Waals surface area contributed by atoms with Gasteiger partial charge in [0.05, 0.1) is 11.6 Å². The van der Waals surface area contributed by atoms with Crippen LogP contribution in [0.2, 0.25) is 18.1 Å². The first-order valence-electron chi connectivity index (χ1n) is 8.22. The van der Waals surface area contributed by atoms with E-state index in [-0.39, 0.29) is 5.04 Å². The zero-order chi connectivity index (χ0) is 19.3. The molecule has 1 atom stereocenters. The van der Waals surface area contributed by atoms with Crippen molar-refractivity contribution >= 4 is 20.1 Å². The number of primary amides is 1. The molecule has 0 aliphatic carbocycles. The highest BCUT2D eigenvalue weighted by Crippen LogP contribution is 2.36. The summed E-state index contributed by atoms with van der Waals surface area (Å²) in [5.41, 5.74) is 6.24. The lowest BCUT2D eigenvalue weighted by atomic mass is 10.1. The van der Waals surface area contributed by atoms with Gasteiger partial charge in [-0.25, -0.2) is 0 Å². The third kappa shape index (κ3) is 6.00. The van der Waals surface area contributed by atoms with Gasteiger partial charge in [0.2, 0.25) is 5.91 Å². The maximum atomic E-state index is 12.2. The summed E-state index contributed by atoms with van der Waals surface area (Å²) in [4.78, 5) is 23.9. The van der Waals surface area contributed by atoms with E-state index in [2.05, 4.69) is 39.2 Å². The van der Waals surface area contributed by atoms with Gasteiger partial charge in [0.25, 0.3) is 5.91 Å². The average Bonchev–Trinajstić information content (AvgIpc) is 2.52. The van der Waals surface area contributed by atoms with E-state index >= 15 is 0 Å². The van der Waals surface area contributed by atoms with E-state index in [0.717, 1.165) is 0 Å². The van der Waals surface area contributed by atoms with Gasteiger partial charge in [0.15, 0.2) is 8.32 Å². The molecule has 136 valence electrons. The van der Waals surface area contributed by atoms with E-state index in [9.17, 15) is 9.59 Å². The van der Waals surface area contributed by atoms with Gasteiger partial charge in [-0.2, -0.15) is 5.26 Å². The minimum absolute atomic E-state index is 0.0704. The highest BCUT2D eigenvalue weighted by Gasteiger charge is 2.37. The van der Waals surface area contributed by atoms with Crippen LogP contribution in [0.3, 0.4) is 0 Å². The first kappa shape index (κ1) is 20.9. The molecule has 0 spiro atoms. The van der Waals surface area contributed by atoms with Crippen molar-refractivity contribution in [3.8, 4) is 6.07 Å². The molecule has 0 heterocycles. The molecule has 0 fully saturated rings. The van der Waals surface area contributed by atoms with Crippen LogP contribution in [0.1, 0.15) is 43.1 Å². The van der Waals surface area contributed by atoms with Crippen LogP contribution >= 0.6 is 0 Å². The molecule has 0 saturated heterocycles. The van der Waals surface area contributed by atoms with Gasteiger partial charge in [-0.3, -0.25) is 9.59 Å². The van der Waals surface area contributed by atoms with Gasteiger partial charge in [-0.15, -0.1) is 0 Å². The van der Waals surface area contributed by atoms with Gasteiger partial charge >= 0.3 is 0 Å². The molecule has 0 aliphatic rings. The Bertz CT molecular complexity index is 658. The minimum atomic E-state index is -1.92. The number of carbonyl (C=O) groups excluding carboxylic acids is 2. The molecule has 1 aromatic carbocycles. The first-order chi connectivity index (χ1) is 11.5. The predicted molar refractivity (Wildman–Crippen MR) is 99.4 cm³/mol. The van der Waals surface area contributed by atoms with Crippen LogP contribution < -0.4 is 11.1 Å². The molecule has 2 amide bonds. The van der Waals surface area contributed by atoms with Crippen molar-refractivity contribution in [1.82, 2.24) is 5.32 Å². The molecule has 0 unspecified atom stereocenters. The minimum Gasteiger partial charge on any atom is -0.417 e. The van der Waals surface area contributed by atoms with Gasteiger partial charge in [-0.05, 0) is 48.8 Å². The molecular weight excluding hydrogens is 334 g/mol. The molecule has 3 N–H and O–H groups in total. The van der Waals surface area contributed by atoms with E-state index in [1.54, 1.807) is 12.1 Å². The van der Waals surface area contributed by atoms with Gasteiger partial charge in [-0.1, -0.05) is 20.8 Å². The third-order valence-corrected chi connectivity index (χ3v) is 9.14. The van der Waals surface area contributed by atoms with Gasteiger partial charge in [0.1, 0.15) is 6.04 Å². The average molecular weight is 362 g/mol. The fourth-order valence-electron chi connectivity index (χ4n) is 1.87. The van der Waals surface area contributed by atoms with Crippen molar-refractivity contribution in [2.45, 2.75) is 51.4 Å². The standard InChI is InChI=1S/C18H27N3O3Si/c1-18(2,3)25(4,5)24-11-10-15(16(20)22)21-17(23)14-8-6-13(12-19)7-9-14/h6-9,15H,10-11H2,1-5H3,(H2,20,22)(H,21,23)/t15-/m0/s1. The number of hydrogen-bond donors (Lipinski definition) is 2. The van der Waals surface area contributed by atoms with Crippen LogP contribution in [0.5, 0.6) is 0 Å². The maximum Gasteiger partial charge on any atom is 0.251 e. The second-order valence-electron chi connectivity index (χ2n) is 7.52. The Morgan fingerprint density at radius 1 is 1.28 bits per heavy atom. The van der Waals surface area contributed by atoms with E-state index in [1.165, 1.54) is 12.1 Å². The highest BCUT2D eigenvalue weighted by molar-refractivity contribution is 6.74. The maximum absolute atomic E-state index is 12.2. The van der Waals surface area contributed by atoms with Crippen LogP contribution in [-0.2, 0) is 9.22 Å². The summed E-state index contributed by atoms with van der Waals surface area (Å²) in [7, 11) is -1.92. The van der Waals surface area contributed by atoms with Crippen LogP contribution in [0.4, 0.5) is 0 Å². The van der Waals surface area contributed by atoms with E-state index in [1.807, 2.05) is 6.07 Å². The molecule has 1 rings (SSSR count).